The quantitative estimate of drug-likeness (QED) is 0.383. The van der Waals surface area contributed by atoms with Gasteiger partial charge in [-0.2, -0.15) is 0 Å². The predicted molar refractivity (Wildman–Crippen MR) is 109 cm³/mol. The molecule has 144 valence electrons. The highest BCUT2D eigenvalue weighted by molar-refractivity contribution is 8.14. The van der Waals surface area contributed by atoms with Crippen molar-refractivity contribution in [2.24, 2.45) is 4.99 Å². The number of ether oxygens (including phenoxy) is 4. The van der Waals surface area contributed by atoms with Crippen LogP contribution in [0.15, 0.2) is 53.6 Å². The monoisotopic (exact) mass is 389 g/mol. The fourth-order valence-electron chi connectivity index (χ4n) is 2.38. The largest absolute Gasteiger partial charge is 0.493 e. The molecule has 0 aromatic heterocycles. The van der Waals surface area contributed by atoms with E-state index in [1.54, 1.807) is 18.2 Å². The van der Waals surface area contributed by atoms with Crippen LogP contribution in [0, 0.1) is 0 Å². The molecule has 0 fully saturated rings. The van der Waals surface area contributed by atoms with Crippen molar-refractivity contribution in [1.82, 2.24) is 0 Å². The summed E-state index contributed by atoms with van der Waals surface area (Å²) in [6.07, 6.45) is 7.45. The Hall–Kier alpha value is -2.67. The van der Waals surface area contributed by atoms with Gasteiger partial charge in [-0.3, -0.25) is 4.99 Å². The molecule has 2 rings (SSSR count). The van der Waals surface area contributed by atoms with Crippen molar-refractivity contribution in [2.75, 3.05) is 27.1 Å². The Bertz CT molecular complexity index is 773. The van der Waals surface area contributed by atoms with E-state index < -0.39 is 12.0 Å². The number of hydrogen-bond acceptors (Lipinski definition) is 7. The third-order valence-corrected chi connectivity index (χ3v) is 4.81. The zero-order valence-electron chi connectivity index (χ0n) is 15.9. The molecule has 0 bridgehead atoms. The topological polar surface area (TPSA) is 66.4 Å². The lowest BCUT2D eigenvalue weighted by molar-refractivity contribution is -0.135. The molecule has 1 aromatic rings. The van der Waals surface area contributed by atoms with Crippen LogP contribution in [0.1, 0.15) is 6.92 Å². The van der Waals surface area contributed by atoms with E-state index in [9.17, 15) is 4.79 Å². The van der Waals surface area contributed by atoms with Crippen molar-refractivity contribution in [3.05, 3.63) is 48.6 Å². The standard InChI is InChI=1S/C20H23NO5S/c1-6-8-9-13(7-2)19-21-15(12-27-19)20(22)26-14-10-16(23-3)18(25-5)17(11-14)24-4/h6-11,15H,2,12H2,1,3-5H3/b8-6-,13-9+. The predicted octanol–water partition coefficient (Wildman–Crippen LogP) is 3.82. The first kappa shape index (κ1) is 20.6. The van der Waals surface area contributed by atoms with Crippen molar-refractivity contribution in [3.63, 3.8) is 0 Å². The molecule has 0 aliphatic carbocycles. The summed E-state index contributed by atoms with van der Waals surface area (Å²) in [5.74, 6) is 1.62. The number of methoxy groups -OCH3 is 3. The van der Waals surface area contributed by atoms with Crippen LogP contribution in [0.2, 0.25) is 0 Å². The maximum Gasteiger partial charge on any atom is 0.337 e. The van der Waals surface area contributed by atoms with Crippen molar-refractivity contribution in [2.45, 2.75) is 13.0 Å². The molecule has 7 heteroatoms. The van der Waals surface area contributed by atoms with E-state index in [4.69, 9.17) is 18.9 Å². The van der Waals surface area contributed by atoms with Crippen LogP contribution in [0.25, 0.3) is 0 Å². The molecule has 6 nitrogen and oxygen atoms in total. The average Bonchev–Trinajstić information content (AvgIpc) is 3.18. The van der Waals surface area contributed by atoms with E-state index in [1.807, 2.05) is 25.2 Å². The summed E-state index contributed by atoms with van der Waals surface area (Å²) >= 11 is 1.50. The van der Waals surface area contributed by atoms with Gasteiger partial charge in [0.15, 0.2) is 17.5 Å². The van der Waals surface area contributed by atoms with E-state index in [-0.39, 0.29) is 0 Å². The summed E-state index contributed by atoms with van der Waals surface area (Å²) in [5, 5.41) is 0.773. The molecule has 1 heterocycles. The molecule has 0 N–H and O–H groups in total. The number of esters is 1. The Morgan fingerprint density at radius 2 is 1.89 bits per heavy atom. The van der Waals surface area contributed by atoms with Crippen LogP contribution in [-0.2, 0) is 4.79 Å². The molecule has 1 aliphatic rings. The number of aliphatic imine (C=N–C) groups is 1. The number of rotatable bonds is 8. The maximum absolute atomic E-state index is 12.5. The Morgan fingerprint density at radius 3 is 2.41 bits per heavy atom. The summed E-state index contributed by atoms with van der Waals surface area (Å²) in [6, 6.07) is 2.57. The third kappa shape index (κ3) is 4.95. The van der Waals surface area contributed by atoms with Crippen LogP contribution in [0.5, 0.6) is 23.0 Å². The van der Waals surface area contributed by atoms with Gasteiger partial charge in [-0.1, -0.05) is 30.9 Å². The Balaban J connectivity index is 2.19. The van der Waals surface area contributed by atoms with Gasteiger partial charge in [0.25, 0.3) is 0 Å². The molecular formula is C20H23NO5S. The summed E-state index contributed by atoms with van der Waals surface area (Å²) < 4.78 is 21.3. The molecule has 1 aliphatic heterocycles. The highest BCUT2D eigenvalue weighted by Gasteiger charge is 2.28. The van der Waals surface area contributed by atoms with E-state index in [1.165, 1.54) is 33.1 Å². The molecule has 1 atom stereocenters. The first-order valence-corrected chi connectivity index (χ1v) is 9.24. The third-order valence-electron chi connectivity index (χ3n) is 3.71. The van der Waals surface area contributed by atoms with Crippen molar-refractivity contribution in [1.29, 1.82) is 0 Å². The van der Waals surface area contributed by atoms with E-state index in [0.717, 1.165) is 10.6 Å². The van der Waals surface area contributed by atoms with Gasteiger partial charge in [-0.05, 0) is 6.92 Å². The second kappa shape index (κ2) is 9.87. The fourth-order valence-corrected chi connectivity index (χ4v) is 3.43. The molecule has 0 saturated carbocycles. The minimum atomic E-state index is -0.585. The minimum Gasteiger partial charge on any atom is -0.493 e. The molecule has 1 aromatic carbocycles. The second-order valence-electron chi connectivity index (χ2n) is 5.40. The summed E-state index contributed by atoms with van der Waals surface area (Å²) in [4.78, 5) is 17.0. The molecule has 0 saturated heterocycles. The van der Waals surface area contributed by atoms with E-state index in [0.29, 0.717) is 28.8 Å². The maximum atomic E-state index is 12.5. The Morgan fingerprint density at radius 1 is 1.22 bits per heavy atom. The molecule has 0 amide bonds. The van der Waals surface area contributed by atoms with Crippen molar-refractivity contribution in [3.8, 4) is 23.0 Å². The van der Waals surface area contributed by atoms with E-state index in [2.05, 4.69) is 11.6 Å². The molecule has 0 spiro atoms. The first-order chi connectivity index (χ1) is 13.1. The minimum absolute atomic E-state index is 0.302. The van der Waals surface area contributed by atoms with Gasteiger partial charge in [-0.15, -0.1) is 11.8 Å². The zero-order chi connectivity index (χ0) is 19.8. The van der Waals surface area contributed by atoms with Crippen LogP contribution >= 0.6 is 11.8 Å². The summed E-state index contributed by atoms with van der Waals surface area (Å²) in [7, 11) is 4.51. The zero-order valence-corrected chi connectivity index (χ0v) is 16.7. The van der Waals surface area contributed by atoms with Crippen molar-refractivity contribution < 1.29 is 23.7 Å². The number of nitrogens with zero attached hydrogens (tertiary/aromatic N) is 1. The van der Waals surface area contributed by atoms with Gasteiger partial charge in [0, 0.05) is 23.5 Å². The number of hydrogen-bond donors (Lipinski definition) is 0. The molecule has 1 unspecified atom stereocenters. The Kier molecular flexibility index (Phi) is 7.55. The van der Waals surface area contributed by atoms with Gasteiger partial charge in [0.1, 0.15) is 5.75 Å². The van der Waals surface area contributed by atoms with Crippen LogP contribution in [-0.4, -0.2) is 44.1 Å². The smallest absolute Gasteiger partial charge is 0.337 e. The van der Waals surface area contributed by atoms with E-state index >= 15 is 0 Å². The highest BCUT2D eigenvalue weighted by Crippen LogP contribution is 2.41. The normalized spacial score (nSPS) is 16.8. The van der Waals surface area contributed by atoms with Crippen LogP contribution in [0.3, 0.4) is 0 Å². The summed E-state index contributed by atoms with van der Waals surface area (Å²) in [6.45, 7) is 5.73. The SMILES string of the molecule is C=C/C(=C\C=C/C)C1=NC(C(=O)Oc2cc(OC)c(OC)c(OC)c2)CS1. The molecular weight excluding hydrogens is 366 g/mol. The van der Waals surface area contributed by atoms with Crippen LogP contribution in [0.4, 0.5) is 0 Å². The first-order valence-electron chi connectivity index (χ1n) is 8.26. The fraction of sp³-hybridized carbons (Fsp3) is 0.300. The van der Waals surface area contributed by atoms with Gasteiger partial charge >= 0.3 is 5.97 Å². The van der Waals surface area contributed by atoms with Gasteiger partial charge < -0.3 is 18.9 Å². The number of benzene rings is 1. The van der Waals surface area contributed by atoms with Crippen LogP contribution < -0.4 is 18.9 Å². The number of allylic oxidation sites excluding steroid dienone is 4. The lowest BCUT2D eigenvalue weighted by atomic mass is 10.2. The molecule has 0 radical (unpaired) electrons. The number of carbonyl (C=O) groups excluding carboxylic acids is 1. The Labute approximate surface area is 163 Å². The van der Waals surface area contributed by atoms with Gasteiger partial charge in [0.2, 0.25) is 5.75 Å². The highest BCUT2D eigenvalue weighted by atomic mass is 32.2. The lowest BCUT2D eigenvalue weighted by Gasteiger charge is -2.14. The summed E-state index contributed by atoms with van der Waals surface area (Å²) in [5.41, 5.74) is 0.876. The van der Waals surface area contributed by atoms with Gasteiger partial charge in [-0.25, -0.2) is 4.79 Å². The number of carbonyl (C=O) groups is 1. The lowest BCUT2D eigenvalue weighted by Crippen LogP contribution is -2.24. The number of thioether (sulfide) groups is 1. The average molecular weight is 389 g/mol. The molecule has 27 heavy (non-hydrogen) atoms. The second-order valence-corrected chi connectivity index (χ2v) is 6.40. The van der Waals surface area contributed by atoms with Crippen molar-refractivity contribution >= 4 is 22.8 Å². The van der Waals surface area contributed by atoms with Gasteiger partial charge in [0.05, 0.1) is 26.4 Å².